The highest BCUT2D eigenvalue weighted by Crippen LogP contribution is 2.45. The van der Waals surface area contributed by atoms with Crippen molar-refractivity contribution >= 4 is 39.5 Å². The average Bonchev–Trinajstić information content (AvgIpc) is 3.52. The van der Waals surface area contributed by atoms with E-state index in [1.165, 1.54) is 27.3 Å². The summed E-state index contributed by atoms with van der Waals surface area (Å²) in [4.78, 5) is 33.2. The highest BCUT2D eigenvalue weighted by atomic mass is 32.1. The second-order valence-electron chi connectivity index (χ2n) is 11.0. The summed E-state index contributed by atoms with van der Waals surface area (Å²) in [6.07, 6.45) is 2.96. The van der Waals surface area contributed by atoms with Crippen molar-refractivity contribution in [2.24, 2.45) is 11.3 Å². The van der Waals surface area contributed by atoms with Gasteiger partial charge in [0, 0.05) is 37.6 Å². The summed E-state index contributed by atoms with van der Waals surface area (Å²) in [5.41, 5.74) is 3.43. The molecule has 1 atom stereocenters. The van der Waals surface area contributed by atoms with Crippen LogP contribution >= 0.6 is 22.7 Å². The first-order valence-electron chi connectivity index (χ1n) is 12.8. The maximum Gasteiger partial charge on any atom is 0.266 e. The lowest BCUT2D eigenvalue weighted by molar-refractivity contribution is 0.0628. The van der Waals surface area contributed by atoms with Gasteiger partial charge in [0.05, 0.1) is 10.4 Å². The van der Waals surface area contributed by atoms with Crippen LogP contribution in [0.4, 0.5) is 5.00 Å². The van der Waals surface area contributed by atoms with E-state index < -0.39 is 0 Å². The largest absolute Gasteiger partial charge is 0.336 e. The first-order chi connectivity index (χ1) is 17.3. The molecule has 5 rings (SSSR count). The van der Waals surface area contributed by atoms with E-state index in [0.29, 0.717) is 23.9 Å². The quantitative estimate of drug-likeness (QED) is 0.437. The van der Waals surface area contributed by atoms with Gasteiger partial charge < -0.3 is 10.2 Å². The fourth-order valence-electron chi connectivity index (χ4n) is 5.32. The van der Waals surface area contributed by atoms with Crippen LogP contribution in [0.1, 0.15) is 63.2 Å². The fourth-order valence-corrected chi connectivity index (χ4v) is 7.25. The van der Waals surface area contributed by atoms with Crippen molar-refractivity contribution in [3.63, 3.8) is 0 Å². The smallest absolute Gasteiger partial charge is 0.266 e. The summed E-state index contributed by atoms with van der Waals surface area (Å²) in [5, 5.41) is 5.75. The molecule has 1 N–H and O–H groups in total. The number of carbonyl (C=O) groups excluding carboxylic acids is 2. The number of carbonyl (C=O) groups is 2. The van der Waals surface area contributed by atoms with Crippen LogP contribution in [0.5, 0.6) is 0 Å². The third-order valence-corrected chi connectivity index (χ3v) is 9.62. The van der Waals surface area contributed by atoms with E-state index in [1.807, 2.05) is 28.5 Å². The number of amides is 2. The van der Waals surface area contributed by atoms with Crippen LogP contribution in [-0.2, 0) is 19.4 Å². The molecular formula is C29H35N3O2S2. The Labute approximate surface area is 222 Å². The van der Waals surface area contributed by atoms with Gasteiger partial charge in [0.15, 0.2) is 0 Å². The van der Waals surface area contributed by atoms with E-state index >= 15 is 0 Å². The lowest BCUT2D eigenvalue weighted by atomic mass is 9.72. The molecule has 7 heteroatoms. The molecule has 0 spiro atoms. The molecule has 0 bridgehead atoms. The SMILES string of the molecule is CC(C)(C)C1CCc2c(sc(NC(=O)c3cccs3)c2C(=O)N2CCN(Cc3ccccc3)CC2)C1. The van der Waals surface area contributed by atoms with Crippen molar-refractivity contribution in [1.29, 1.82) is 0 Å². The Balaban J connectivity index is 1.36. The molecule has 1 saturated heterocycles. The van der Waals surface area contributed by atoms with Crippen molar-refractivity contribution < 1.29 is 9.59 Å². The molecule has 1 unspecified atom stereocenters. The summed E-state index contributed by atoms with van der Waals surface area (Å²) in [6.45, 7) is 10.9. The molecule has 36 heavy (non-hydrogen) atoms. The summed E-state index contributed by atoms with van der Waals surface area (Å²) < 4.78 is 0. The Kier molecular flexibility index (Phi) is 7.33. The van der Waals surface area contributed by atoms with Crippen molar-refractivity contribution in [2.75, 3.05) is 31.5 Å². The van der Waals surface area contributed by atoms with Crippen LogP contribution < -0.4 is 5.32 Å². The molecular weight excluding hydrogens is 486 g/mol. The second-order valence-corrected chi connectivity index (χ2v) is 13.1. The summed E-state index contributed by atoms with van der Waals surface area (Å²) >= 11 is 3.04. The minimum atomic E-state index is -0.127. The lowest BCUT2D eigenvalue weighted by Gasteiger charge is -2.36. The molecule has 0 radical (unpaired) electrons. The number of rotatable bonds is 5. The number of nitrogens with zero attached hydrogens (tertiary/aromatic N) is 2. The van der Waals surface area contributed by atoms with E-state index in [2.05, 4.69) is 55.3 Å². The molecule has 2 aliphatic rings. The van der Waals surface area contributed by atoms with Gasteiger partial charge in [-0.1, -0.05) is 57.2 Å². The highest BCUT2D eigenvalue weighted by molar-refractivity contribution is 7.17. The number of anilines is 1. The van der Waals surface area contributed by atoms with Crippen LogP contribution in [0.3, 0.4) is 0 Å². The number of fused-ring (bicyclic) bond motifs is 1. The van der Waals surface area contributed by atoms with Crippen molar-refractivity contribution in [3.8, 4) is 0 Å². The van der Waals surface area contributed by atoms with Gasteiger partial charge in [-0.2, -0.15) is 0 Å². The molecule has 1 fully saturated rings. The van der Waals surface area contributed by atoms with E-state index in [0.717, 1.165) is 49.5 Å². The predicted octanol–water partition coefficient (Wildman–Crippen LogP) is 6.17. The minimum Gasteiger partial charge on any atom is -0.336 e. The zero-order valence-electron chi connectivity index (χ0n) is 21.4. The summed E-state index contributed by atoms with van der Waals surface area (Å²) in [6, 6.07) is 14.2. The molecule has 1 aliphatic heterocycles. The number of hydrogen-bond donors (Lipinski definition) is 1. The maximum absolute atomic E-state index is 13.9. The van der Waals surface area contributed by atoms with Crippen molar-refractivity contribution in [3.05, 3.63) is 74.3 Å². The first kappa shape index (κ1) is 25.2. The van der Waals surface area contributed by atoms with Crippen LogP contribution in [0.15, 0.2) is 47.8 Å². The number of thiophene rings is 2. The number of hydrogen-bond acceptors (Lipinski definition) is 5. The standard InChI is InChI=1S/C29H35N3O2S2/c1-29(2,3)21-11-12-22-24(18-21)36-27(30-26(33)23-10-7-17-35-23)25(22)28(34)32-15-13-31(14-16-32)19-20-8-5-4-6-9-20/h4-10,17,21H,11-16,18-19H2,1-3H3,(H,30,33). The van der Waals surface area contributed by atoms with E-state index in [-0.39, 0.29) is 17.2 Å². The number of piperazine rings is 1. The zero-order chi connectivity index (χ0) is 25.3. The Morgan fingerprint density at radius 3 is 2.44 bits per heavy atom. The highest BCUT2D eigenvalue weighted by Gasteiger charge is 2.36. The number of benzene rings is 1. The normalized spacial score (nSPS) is 18.6. The summed E-state index contributed by atoms with van der Waals surface area (Å²) in [5.74, 6) is 0.522. The van der Waals surface area contributed by atoms with Gasteiger partial charge in [0.2, 0.25) is 0 Å². The molecule has 3 heterocycles. The van der Waals surface area contributed by atoms with Crippen LogP contribution in [0.25, 0.3) is 0 Å². The lowest BCUT2D eigenvalue weighted by Crippen LogP contribution is -2.48. The summed E-state index contributed by atoms with van der Waals surface area (Å²) in [7, 11) is 0. The van der Waals surface area contributed by atoms with Gasteiger partial charge in [0.1, 0.15) is 5.00 Å². The van der Waals surface area contributed by atoms with Crippen molar-refractivity contribution in [2.45, 2.75) is 46.6 Å². The molecule has 3 aromatic rings. The fraction of sp³-hybridized carbons (Fsp3) is 0.448. The Hall–Kier alpha value is -2.48. The molecule has 2 aromatic heterocycles. The van der Waals surface area contributed by atoms with E-state index in [9.17, 15) is 9.59 Å². The minimum absolute atomic E-state index is 0.0718. The van der Waals surface area contributed by atoms with E-state index in [1.54, 1.807) is 11.3 Å². The zero-order valence-corrected chi connectivity index (χ0v) is 23.0. The van der Waals surface area contributed by atoms with Gasteiger partial charge in [-0.25, -0.2) is 0 Å². The van der Waals surface area contributed by atoms with Gasteiger partial charge in [-0.05, 0) is 53.2 Å². The van der Waals surface area contributed by atoms with Crippen molar-refractivity contribution in [1.82, 2.24) is 9.80 Å². The third kappa shape index (κ3) is 5.43. The molecule has 1 aliphatic carbocycles. The number of nitrogens with one attached hydrogen (secondary N) is 1. The van der Waals surface area contributed by atoms with Gasteiger partial charge in [-0.3, -0.25) is 14.5 Å². The van der Waals surface area contributed by atoms with Gasteiger partial charge >= 0.3 is 0 Å². The van der Waals surface area contributed by atoms with Gasteiger partial charge in [0.25, 0.3) is 11.8 Å². The second kappa shape index (κ2) is 10.5. The Bertz CT molecular complexity index is 1200. The topological polar surface area (TPSA) is 52.7 Å². The molecule has 0 saturated carbocycles. The Morgan fingerprint density at radius 1 is 1.03 bits per heavy atom. The third-order valence-electron chi connectivity index (χ3n) is 7.58. The molecule has 190 valence electrons. The van der Waals surface area contributed by atoms with E-state index in [4.69, 9.17) is 0 Å². The molecule has 1 aromatic carbocycles. The van der Waals surface area contributed by atoms with Crippen LogP contribution in [0, 0.1) is 11.3 Å². The maximum atomic E-state index is 13.9. The first-order valence-corrected chi connectivity index (χ1v) is 14.5. The molecule has 5 nitrogen and oxygen atoms in total. The molecule has 2 amide bonds. The average molecular weight is 522 g/mol. The predicted molar refractivity (Wildman–Crippen MR) is 149 cm³/mol. The Morgan fingerprint density at radius 2 is 1.78 bits per heavy atom. The monoisotopic (exact) mass is 521 g/mol. The van der Waals surface area contributed by atoms with Crippen LogP contribution in [-0.4, -0.2) is 47.8 Å². The van der Waals surface area contributed by atoms with Crippen LogP contribution in [0.2, 0.25) is 0 Å². The van der Waals surface area contributed by atoms with Gasteiger partial charge in [-0.15, -0.1) is 22.7 Å².